The third-order valence-corrected chi connectivity index (χ3v) is 8.55. The normalized spacial score (nSPS) is 11.7. The third kappa shape index (κ3) is 3.62. The lowest BCUT2D eigenvalue weighted by molar-refractivity contribution is 1.16. The Balaban J connectivity index is 1.36. The van der Waals surface area contributed by atoms with Gasteiger partial charge in [-0.05, 0) is 74.1 Å². The van der Waals surface area contributed by atoms with Crippen molar-refractivity contribution < 1.29 is 0 Å². The van der Waals surface area contributed by atoms with Gasteiger partial charge in [0.05, 0.1) is 16.6 Å². The molecule has 0 fully saturated rings. The van der Waals surface area contributed by atoms with Gasteiger partial charge in [0.15, 0.2) is 0 Å². The number of benzene rings is 7. The van der Waals surface area contributed by atoms with Gasteiger partial charge in [0, 0.05) is 10.9 Å². The molecule has 7 aromatic carbocycles. The molecule has 0 amide bonds. The molecule has 43 heavy (non-hydrogen) atoms. The van der Waals surface area contributed by atoms with E-state index in [1.807, 2.05) is 12.1 Å². The Hall–Kier alpha value is -5.80. The van der Waals surface area contributed by atoms with E-state index in [9.17, 15) is 0 Å². The van der Waals surface area contributed by atoms with E-state index in [1.54, 1.807) is 0 Å². The molecule has 0 saturated heterocycles. The van der Waals surface area contributed by atoms with Crippen molar-refractivity contribution in [3.05, 3.63) is 152 Å². The minimum atomic E-state index is 0.888. The molecular formula is C40H25N3. The SMILES string of the molecule is c1ccc(-c2c3ccccc3c(-c3cccc(-c4nc5ccccc5c5nc6ccccc6n45)c3)c3ccccc23)cc1. The molecule has 0 radical (unpaired) electrons. The van der Waals surface area contributed by atoms with Crippen molar-refractivity contribution in [3.63, 3.8) is 0 Å². The first kappa shape index (κ1) is 23.9. The largest absolute Gasteiger partial charge is 0.276 e. The molecule has 2 aromatic heterocycles. The molecule has 0 N–H and O–H groups in total. The topological polar surface area (TPSA) is 30.2 Å². The monoisotopic (exact) mass is 547 g/mol. The second kappa shape index (κ2) is 9.37. The summed E-state index contributed by atoms with van der Waals surface area (Å²) < 4.78 is 2.21. The molecule has 0 aliphatic rings. The zero-order chi connectivity index (χ0) is 28.3. The Labute approximate surface area is 248 Å². The molecule has 200 valence electrons. The summed E-state index contributed by atoms with van der Waals surface area (Å²) in [5, 5.41) is 6.02. The Morgan fingerprint density at radius 1 is 0.372 bits per heavy atom. The minimum absolute atomic E-state index is 0.888. The third-order valence-electron chi connectivity index (χ3n) is 8.55. The Bertz CT molecular complexity index is 2450. The molecule has 0 spiro atoms. The van der Waals surface area contributed by atoms with E-state index in [4.69, 9.17) is 9.97 Å². The highest BCUT2D eigenvalue weighted by Crippen LogP contribution is 2.44. The summed E-state index contributed by atoms with van der Waals surface area (Å²) in [6.45, 7) is 0. The van der Waals surface area contributed by atoms with Crippen molar-refractivity contribution in [1.82, 2.24) is 14.4 Å². The van der Waals surface area contributed by atoms with Crippen LogP contribution in [-0.4, -0.2) is 14.4 Å². The summed E-state index contributed by atoms with van der Waals surface area (Å²) in [7, 11) is 0. The zero-order valence-corrected chi connectivity index (χ0v) is 23.3. The Morgan fingerprint density at radius 2 is 0.884 bits per heavy atom. The van der Waals surface area contributed by atoms with Gasteiger partial charge < -0.3 is 0 Å². The molecule has 0 atom stereocenters. The second-order valence-corrected chi connectivity index (χ2v) is 11.0. The number of rotatable bonds is 3. The van der Waals surface area contributed by atoms with Gasteiger partial charge in [-0.1, -0.05) is 121 Å². The summed E-state index contributed by atoms with van der Waals surface area (Å²) >= 11 is 0. The van der Waals surface area contributed by atoms with Gasteiger partial charge in [-0.15, -0.1) is 0 Å². The fraction of sp³-hybridized carbons (Fsp3) is 0. The Kier molecular flexibility index (Phi) is 5.20. The first-order chi connectivity index (χ1) is 21.3. The summed E-state index contributed by atoms with van der Waals surface area (Å²) in [4.78, 5) is 10.3. The van der Waals surface area contributed by atoms with Crippen LogP contribution in [-0.2, 0) is 0 Å². The summed E-state index contributed by atoms with van der Waals surface area (Å²) in [5.41, 5.74) is 9.84. The standard InChI is InChI=1S/C40H25N3/c1-2-13-26(14-3-1)37-29-17-4-6-19-31(29)38(32-20-7-5-18-30(32)37)27-15-12-16-28(25-27)39-41-34-22-9-8-21-33(34)40-42-35-23-10-11-24-36(35)43(39)40/h1-25H. The van der Waals surface area contributed by atoms with Crippen molar-refractivity contribution in [2.24, 2.45) is 0 Å². The highest BCUT2D eigenvalue weighted by Gasteiger charge is 2.19. The molecule has 3 heteroatoms. The van der Waals surface area contributed by atoms with Gasteiger partial charge in [-0.3, -0.25) is 4.40 Å². The van der Waals surface area contributed by atoms with Crippen molar-refractivity contribution >= 4 is 49.1 Å². The van der Waals surface area contributed by atoms with Crippen molar-refractivity contribution in [2.45, 2.75) is 0 Å². The molecule has 9 aromatic rings. The van der Waals surface area contributed by atoms with E-state index in [0.29, 0.717) is 0 Å². The minimum Gasteiger partial charge on any atom is -0.276 e. The smallest absolute Gasteiger partial charge is 0.149 e. The van der Waals surface area contributed by atoms with E-state index < -0.39 is 0 Å². The lowest BCUT2D eigenvalue weighted by Gasteiger charge is -2.18. The predicted molar refractivity (Wildman–Crippen MR) is 179 cm³/mol. The number of aromatic nitrogens is 3. The Morgan fingerprint density at radius 3 is 1.58 bits per heavy atom. The number of imidazole rings is 1. The molecule has 0 aliphatic heterocycles. The number of hydrogen-bond acceptors (Lipinski definition) is 2. The van der Waals surface area contributed by atoms with Crippen LogP contribution >= 0.6 is 0 Å². The molecule has 0 saturated carbocycles. The highest BCUT2D eigenvalue weighted by atomic mass is 15.1. The second-order valence-electron chi connectivity index (χ2n) is 11.0. The van der Waals surface area contributed by atoms with Crippen LogP contribution in [0.1, 0.15) is 0 Å². The molecule has 0 bridgehead atoms. The van der Waals surface area contributed by atoms with Gasteiger partial charge >= 0.3 is 0 Å². The first-order valence-corrected chi connectivity index (χ1v) is 14.6. The van der Waals surface area contributed by atoms with Gasteiger partial charge in [0.25, 0.3) is 0 Å². The maximum absolute atomic E-state index is 5.23. The van der Waals surface area contributed by atoms with Crippen LogP contribution in [0.3, 0.4) is 0 Å². The average molecular weight is 548 g/mol. The number of nitrogens with zero attached hydrogens (tertiary/aromatic N) is 3. The summed E-state index contributed by atoms with van der Waals surface area (Å²) in [6.07, 6.45) is 0. The van der Waals surface area contributed by atoms with Gasteiger partial charge in [0.2, 0.25) is 0 Å². The van der Waals surface area contributed by atoms with Crippen LogP contribution in [0.2, 0.25) is 0 Å². The lowest BCUT2D eigenvalue weighted by atomic mass is 9.85. The maximum atomic E-state index is 5.23. The van der Waals surface area contributed by atoms with Gasteiger partial charge in [-0.25, -0.2) is 9.97 Å². The van der Waals surface area contributed by atoms with Crippen LogP contribution < -0.4 is 0 Å². The zero-order valence-electron chi connectivity index (χ0n) is 23.3. The fourth-order valence-electron chi connectivity index (χ4n) is 6.71. The summed E-state index contributed by atoms with van der Waals surface area (Å²) in [6, 6.07) is 53.8. The van der Waals surface area contributed by atoms with Gasteiger partial charge in [-0.2, -0.15) is 0 Å². The molecule has 3 nitrogen and oxygen atoms in total. The van der Waals surface area contributed by atoms with Crippen molar-refractivity contribution in [3.8, 4) is 33.6 Å². The average Bonchev–Trinajstić information content (AvgIpc) is 3.47. The van der Waals surface area contributed by atoms with Crippen LogP contribution in [0.5, 0.6) is 0 Å². The van der Waals surface area contributed by atoms with E-state index in [2.05, 4.69) is 144 Å². The van der Waals surface area contributed by atoms with Crippen LogP contribution in [0.15, 0.2) is 152 Å². The fourth-order valence-corrected chi connectivity index (χ4v) is 6.71. The van der Waals surface area contributed by atoms with E-state index in [0.717, 1.165) is 44.5 Å². The highest BCUT2D eigenvalue weighted by molar-refractivity contribution is 6.21. The predicted octanol–water partition coefficient (Wildman–Crippen LogP) is 10.3. The molecule has 2 heterocycles. The molecule has 0 aliphatic carbocycles. The lowest BCUT2D eigenvalue weighted by Crippen LogP contribution is -1.98. The van der Waals surface area contributed by atoms with E-state index >= 15 is 0 Å². The van der Waals surface area contributed by atoms with Crippen molar-refractivity contribution in [1.29, 1.82) is 0 Å². The quantitative estimate of drug-likeness (QED) is 0.206. The first-order valence-electron chi connectivity index (χ1n) is 14.6. The van der Waals surface area contributed by atoms with E-state index in [-0.39, 0.29) is 0 Å². The molecule has 0 unspecified atom stereocenters. The van der Waals surface area contributed by atoms with E-state index in [1.165, 1.54) is 38.2 Å². The molecule has 9 rings (SSSR count). The maximum Gasteiger partial charge on any atom is 0.149 e. The van der Waals surface area contributed by atoms with Crippen molar-refractivity contribution in [2.75, 3.05) is 0 Å². The molecular weight excluding hydrogens is 522 g/mol. The van der Waals surface area contributed by atoms with Gasteiger partial charge in [0.1, 0.15) is 11.5 Å². The van der Waals surface area contributed by atoms with Crippen LogP contribution in [0.25, 0.3) is 82.8 Å². The number of fused-ring (bicyclic) bond motifs is 7. The number of para-hydroxylation sites is 3. The van der Waals surface area contributed by atoms with Crippen LogP contribution in [0.4, 0.5) is 0 Å². The summed E-state index contributed by atoms with van der Waals surface area (Å²) in [5.74, 6) is 0.888. The van der Waals surface area contributed by atoms with Crippen LogP contribution in [0, 0.1) is 0 Å². The number of hydrogen-bond donors (Lipinski definition) is 0.